The highest BCUT2D eigenvalue weighted by atomic mass is 32.1. The number of allylic oxidation sites excluding steroid dienone is 2. The summed E-state index contributed by atoms with van der Waals surface area (Å²) in [6.45, 7) is 0. The fourth-order valence-electron chi connectivity index (χ4n) is 4.13. The maximum absolute atomic E-state index is 13.3. The zero-order chi connectivity index (χ0) is 20.1. The number of nitrogens with two attached hydrogens (primary N) is 1. The van der Waals surface area contributed by atoms with Crippen molar-refractivity contribution in [2.45, 2.75) is 24.8 Å². The first-order valence-electron chi connectivity index (χ1n) is 9.20. The number of nitrogen functional groups attached to an aromatic ring is 1. The Bertz CT molecular complexity index is 1140. The molecule has 0 saturated carbocycles. The minimum Gasteiger partial charge on any atom is -0.504 e. The zero-order valence-electron chi connectivity index (χ0n) is 15.6. The third-order valence-corrected chi connectivity index (χ3v) is 6.44. The van der Waals surface area contributed by atoms with E-state index in [4.69, 9.17) is 10.5 Å². The summed E-state index contributed by atoms with van der Waals surface area (Å²) in [6, 6.07) is 8.62. The molecule has 1 aliphatic carbocycles. The number of fused-ring (bicyclic) bond motifs is 1. The summed E-state index contributed by atoms with van der Waals surface area (Å²) in [5, 5.41) is 19.6. The number of methoxy groups -OCH3 is 1. The van der Waals surface area contributed by atoms with Crippen molar-refractivity contribution in [3.05, 3.63) is 57.4 Å². The Kier molecular flexibility index (Phi) is 4.06. The van der Waals surface area contributed by atoms with Gasteiger partial charge in [0.2, 0.25) is 11.9 Å². The van der Waals surface area contributed by atoms with Crippen LogP contribution in [0.25, 0.3) is 0 Å². The maximum atomic E-state index is 13.3. The van der Waals surface area contributed by atoms with E-state index in [-0.39, 0.29) is 23.4 Å². The number of carbonyl (C=O) groups is 1. The highest BCUT2D eigenvalue weighted by molar-refractivity contribution is 7.10. The van der Waals surface area contributed by atoms with E-state index in [1.165, 1.54) is 12.0 Å². The van der Waals surface area contributed by atoms with Crippen LogP contribution < -0.4 is 15.8 Å². The van der Waals surface area contributed by atoms with Crippen molar-refractivity contribution in [1.29, 1.82) is 0 Å². The van der Waals surface area contributed by atoms with Crippen molar-refractivity contribution >= 4 is 29.0 Å². The predicted molar refractivity (Wildman–Crippen MR) is 109 cm³/mol. The average molecular weight is 409 g/mol. The number of hydrogen-bond acceptors (Lipinski definition) is 8. The van der Waals surface area contributed by atoms with E-state index in [0.29, 0.717) is 30.1 Å². The van der Waals surface area contributed by atoms with Gasteiger partial charge in [-0.25, -0.2) is 4.68 Å². The van der Waals surface area contributed by atoms with Crippen LogP contribution in [-0.4, -0.2) is 32.8 Å². The highest BCUT2D eigenvalue weighted by Crippen LogP contribution is 2.45. The minimum absolute atomic E-state index is 0.0328. The number of rotatable bonds is 3. The molecule has 0 spiro atoms. The number of thiophene rings is 1. The molecule has 0 fully saturated rings. The van der Waals surface area contributed by atoms with Crippen LogP contribution in [0.5, 0.6) is 11.5 Å². The molecule has 3 aromatic rings. The van der Waals surface area contributed by atoms with Crippen LogP contribution in [-0.2, 0) is 4.79 Å². The van der Waals surface area contributed by atoms with Gasteiger partial charge in [0.15, 0.2) is 17.3 Å². The van der Waals surface area contributed by atoms with Gasteiger partial charge >= 0.3 is 0 Å². The first-order chi connectivity index (χ1) is 14.0. The number of aromatic nitrogens is 3. The molecule has 0 amide bonds. The summed E-state index contributed by atoms with van der Waals surface area (Å²) in [5.41, 5.74) is 8.12. The van der Waals surface area contributed by atoms with Crippen LogP contribution in [0, 0.1) is 0 Å². The van der Waals surface area contributed by atoms with Gasteiger partial charge in [0.1, 0.15) is 6.04 Å². The number of ketones is 1. The number of Topliss-reactive ketones (excluding diaryl/α,β-unsaturated/α-hetero) is 1. The van der Waals surface area contributed by atoms with Crippen molar-refractivity contribution < 1.29 is 14.6 Å². The Morgan fingerprint density at radius 3 is 2.97 bits per heavy atom. The van der Waals surface area contributed by atoms with E-state index in [9.17, 15) is 9.90 Å². The standard InChI is InChI=1S/C20H19N5O3S/c1-28-15-9-10(4-5-13(15)26)18-17-12(22-20-23-19(21)24-25(18)20)7-11(8-14(17)27)16-3-2-6-29-16/h2-6,9,11,18,26H,7-8H2,1H3,(H3,21,22,23,24). The van der Waals surface area contributed by atoms with Crippen molar-refractivity contribution in [2.75, 3.05) is 18.2 Å². The van der Waals surface area contributed by atoms with Gasteiger partial charge in [-0.1, -0.05) is 12.1 Å². The summed E-state index contributed by atoms with van der Waals surface area (Å²) in [4.78, 5) is 18.8. The van der Waals surface area contributed by atoms with Crippen LogP contribution >= 0.6 is 11.3 Å². The molecular formula is C20H19N5O3S. The fraction of sp³-hybridized carbons (Fsp3) is 0.250. The number of anilines is 2. The van der Waals surface area contributed by atoms with Crippen LogP contribution in [0.3, 0.4) is 0 Å². The molecule has 2 unspecified atom stereocenters. The molecule has 2 atom stereocenters. The molecule has 4 N–H and O–H groups in total. The largest absolute Gasteiger partial charge is 0.504 e. The summed E-state index contributed by atoms with van der Waals surface area (Å²) < 4.78 is 6.89. The number of carbonyl (C=O) groups excluding carboxylic acids is 1. The molecule has 2 aliphatic rings. The van der Waals surface area contributed by atoms with Crippen molar-refractivity contribution in [2.24, 2.45) is 0 Å². The third kappa shape index (κ3) is 2.85. The second-order valence-electron chi connectivity index (χ2n) is 7.13. The Hall–Kier alpha value is -3.33. The second-order valence-corrected chi connectivity index (χ2v) is 8.11. The van der Waals surface area contributed by atoms with Gasteiger partial charge in [0.25, 0.3) is 0 Å². The topological polar surface area (TPSA) is 115 Å². The number of ether oxygens (including phenoxy) is 1. The monoisotopic (exact) mass is 409 g/mol. The average Bonchev–Trinajstić information content (AvgIpc) is 3.35. The van der Waals surface area contributed by atoms with Gasteiger partial charge in [-0.05, 0) is 35.6 Å². The number of phenolic OH excluding ortho intramolecular Hbond substituents is 1. The van der Waals surface area contributed by atoms with Crippen LogP contribution in [0.2, 0.25) is 0 Å². The Morgan fingerprint density at radius 2 is 2.21 bits per heavy atom. The molecule has 29 heavy (non-hydrogen) atoms. The Balaban J connectivity index is 1.64. The Labute approximate surface area is 170 Å². The van der Waals surface area contributed by atoms with Gasteiger partial charge in [-0.3, -0.25) is 4.79 Å². The molecule has 9 heteroatoms. The van der Waals surface area contributed by atoms with Gasteiger partial charge < -0.3 is 20.9 Å². The molecule has 148 valence electrons. The maximum Gasteiger partial charge on any atom is 0.241 e. The summed E-state index contributed by atoms with van der Waals surface area (Å²) in [5.74, 6) is 1.19. The summed E-state index contributed by atoms with van der Waals surface area (Å²) in [6.07, 6.45) is 1.15. The van der Waals surface area contributed by atoms with E-state index in [1.54, 1.807) is 34.2 Å². The molecule has 0 radical (unpaired) electrons. The third-order valence-electron chi connectivity index (χ3n) is 5.40. The van der Waals surface area contributed by atoms with Crippen LogP contribution in [0.1, 0.15) is 35.2 Å². The fourth-order valence-corrected chi connectivity index (χ4v) is 4.96. The van der Waals surface area contributed by atoms with Gasteiger partial charge in [-0.2, -0.15) is 4.98 Å². The molecule has 2 aromatic heterocycles. The van der Waals surface area contributed by atoms with Crippen LogP contribution in [0.15, 0.2) is 47.0 Å². The normalized spacial score (nSPS) is 20.8. The lowest BCUT2D eigenvalue weighted by atomic mass is 9.80. The molecule has 5 rings (SSSR count). The number of nitrogens with one attached hydrogen (secondary N) is 1. The lowest BCUT2D eigenvalue weighted by molar-refractivity contribution is -0.116. The SMILES string of the molecule is COc1cc(C2C3=C(CC(c4cccs4)CC3=O)Nc3nc(N)nn32)ccc1O. The van der Waals surface area contributed by atoms with Gasteiger partial charge in [-0.15, -0.1) is 16.4 Å². The molecular weight excluding hydrogens is 390 g/mol. The number of phenols is 1. The quantitative estimate of drug-likeness (QED) is 0.609. The number of benzene rings is 1. The first-order valence-corrected chi connectivity index (χ1v) is 10.1. The minimum atomic E-state index is -0.489. The predicted octanol–water partition coefficient (Wildman–Crippen LogP) is 3.05. The van der Waals surface area contributed by atoms with Gasteiger partial charge in [0, 0.05) is 28.5 Å². The van der Waals surface area contributed by atoms with Gasteiger partial charge in [0.05, 0.1) is 7.11 Å². The first kappa shape index (κ1) is 17.7. The molecule has 1 aliphatic heterocycles. The smallest absolute Gasteiger partial charge is 0.241 e. The summed E-state index contributed by atoms with van der Waals surface area (Å²) >= 11 is 1.66. The van der Waals surface area contributed by atoms with Crippen LogP contribution in [0.4, 0.5) is 11.9 Å². The second kappa shape index (κ2) is 6.63. The molecule has 3 heterocycles. The molecule has 1 aromatic carbocycles. The Morgan fingerprint density at radius 1 is 1.34 bits per heavy atom. The van der Waals surface area contributed by atoms with E-state index in [0.717, 1.165) is 11.3 Å². The lowest BCUT2D eigenvalue weighted by Crippen LogP contribution is -2.33. The summed E-state index contributed by atoms with van der Waals surface area (Å²) in [7, 11) is 1.49. The molecule has 0 bridgehead atoms. The molecule has 8 nitrogen and oxygen atoms in total. The van der Waals surface area contributed by atoms with E-state index in [1.807, 2.05) is 11.4 Å². The number of nitrogens with zero attached hydrogens (tertiary/aromatic N) is 3. The number of aromatic hydroxyl groups is 1. The zero-order valence-corrected chi connectivity index (χ0v) is 16.4. The van der Waals surface area contributed by atoms with Crippen molar-refractivity contribution in [3.63, 3.8) is 0 Å². The molecule has 0 saturated heterocycles. The lowest BCUT2D eigenvalue weighted by Gasteiger charge is -2.34. The van der Waals surface area contributed by atoms with E-state index >= 15 is 0 Å². The van der Waals surface area contributed by atoms with Crippen molar-refractivity contribution in [3.8, 4) is 11.5 Å². The van der Waals surface area contributed by atoms with Crippen molar-refractivity contribution in [1.82, 2.24) is 14.8 Å². The highest BCUT2D eigenvalue weighted by Gasteiger charge is 2.40. The van der Waals surface area contributed by atoms with E-state index in [2.05, 4.69) is 21.5 Å². The van der Waals surface area contributed by atoms with E-state index < -0.39 is 6.04 Å². The number of hydrogen-bond donors (Lipinski definition) is 3.